The molecule has 0 N–H and O–H groups in total. The molecular formula is C67H44N2O. The molecule has 2 aromatic heterocycles. The van der Waals surface area contributed by atoms with E-state index in [9.17, 15) is 0 Å². The summed E-state index contributed by atoms with van der Waals surface area (Å²) >= 11 is 0. The standard InChI is InChI=1S/C67H44N2O/c1-5-17-45(18-6-1)47-29-33-51(34-30-47)68(54-37-39-57-56-26-14-16-28-63(56)69(64(57)42-54)52-35-31-48(32-36-52)46-19-7-2-8-20-46)53-38-40-65-59(41-53)60-43-58-55-25-13-15-27-61(55)67(49-21-9-3-10-22-49,50-23-11-4-12-24-50)62(58)44-66(60)70-65/h1-44H. The number of rotatable bonds is 8. The van der Waals surface area contributed by atoms with Gasteiger partial charge < -0.3 is 13.9 Å². The summed E-state index contributed by atoms with van der Waals surface area (Å²) in [6.45, 7) is 0. The molecule has 0 spiro atoms. The first kappa shape index (κ1) is 39.9. The minimum Gasteiger partial charge on any atom is -0.456 e. The average Bonchev–Trinajstić information content (AvgIpc) is 4.07. The summed E-state index contributed by atoms with van der Waals surface area (Å²) in [6.07, 6.45) is 0. The van der Waals surface area contributed by atoms with Crippen molar-refractivity contribution in [2.45, 2.75) is 5.41 Å². The number of aromatic nitrogens is 1. The minimum atomic E-state index is -0.513. The topological polar surface area (TPSA) is 21.3 Å². The first-order chi connectivity index (χ1) is 34.7. The monoisotopic (exact) mass is 892 g/mol. The fourth-order valence-corrected chi connectivity index (χ4v) is 11.5. The van der Waals surface area contributed by atoms with E-state index < -0.39 is 5.41 Å². The van der Waals surface area contributed by atoms with Gasteiger partial charge >= 0.3 is 0 Å². The van der Waals surface area contributed by atoms with Crippen molar-refractivity contribution in [3.8, 4) is 39.1 Å². The summed E-state index contributed by atoms with van der Waals surface area (Å²) in [4.78, 5) is 2.39. The maximum atomic E-state index is 6.92. The van der Waals surface area contributed by atoms with Gasteiger partial charge in [0.05, 0.1) is 16.4 Å². The molecule has 0 aliphatic heterocycles. The Morgan fingerprint density at radius 1 is 0.314 bits per heavy atom. The quantitative estimate of drug-likeness (QED) is 0.152. The molecule has 13 aromatic rings. The predicted molar refractivity (Wildman–Crippen MR) is 291 cm³/mol. The molecule has 2 heterocycles. The smallest absolute Gasteiger partial charge is 0.135 e. The highest BCUT2D eigenvalue weighted by molar-refractivity contribution is 6.12. The van der Waals surface area contributed by atoms with Crippen LogP contribution in [0, 0.1) is 0 Å². The molecule has 0 unspecified atom stereocenters. The third kappa shape index (κ3) is 6.15. The third-order valence-electron chi connectivity index (χ3n) is 14.7. The fraction of sp³-hybridized carbons (Fsp3) is 0.0149. The fourth-order valence-electron chi connectivity index (χ4n) is 11.5. The number of hydrogen-bond acceptors (Lipinski definition) is 2. The Morgan fingerprint density at radius 3 is 1.51 bits per heavy atom. The highest BCUT2D eigenvalue weighted by Gasteiger charge is 2.46. The van der Waals surface area contributed by atoms with Gasteiger partial charge in [0.25, 0.3) is 0 Å². The highest BCUT2D eigenvalue weighted by Crippen LogP contribution is 2.57. The molecule has 0 saturated heterocycles. The molecule has 0 bridgehead atoms. The summed E-state index contributed by atoms with van der Waals surface area (Å²) in [5, 5.41) is 4.60. The molecule has 3 heteroatoms. The van der Waals surface area contributed by atoms with Gasteiger partial charge in [-0.3, -0.25) is 0 Å². The molecule has 0 amide bonds. The van der Waals surface area contributed by atoms with Crippen LogP contribution in [-0.4, -0.2) is 4.57 Å². The molecule has 1 aliphatic rings. The molecule has 328 valence electrons. The zero-order valence-electron chi connectivity index (χ0n) is 38.2. The maximum absolute atomic E-state index is 6.92. The Bertz CT molecular complexity index is 4040. The normalized spacial score (nSPS) is 12.7. The number of anilines is 3. The number of benzene rings is 11. The van der Waals surface area contributed by atoms with Crippen molar-refractivity contribution >= 4 is 60.8 Å². The number of fused-ring (bicyclic) bond motifs is 9. The predicted octanol–water partition coefficient (Wildman–Crippen LogP) is 17.8. The Balaban J connectivity index is 0.965. The van der Waals surface area contributed by atoms with E-state index in [0.717, 1.165) is 50.2 Å². The first-order valence-corrected chi connectivity index (χ1v) is 24.1. The Kier molecular flexibility index (Phi) is 9.11. The van der Waals surface area contributed by atoms with Gasteiger partial charge in [-0.15, -0.1) is 0 Å². The Hall–Kier alpha value is -9.18. The minimum absolute atomic E-state index is 0.513. The van der Waals surface area contributed by atoms with Crippen molar-refractivity contribution in [3.63, 3.8) is 0 Å². The number of nitrogens with zero attached hydrogens (tertiary/aromatic N) is 2. The van der Waals surface area contributed by atoms with E-state index in [2.05, 4.69) is 276 Å². The molecule has 3 nitrogen and oxygen atoms in total. The van der Waals surface area contributed by atoms with Crippen molar-refractivity contribution in [2.24, 2.45) is 0 Å². The molecule has 11 aromatic carbocycles. The summed E-state index contributed by atoms with van der Waals surface area (Å²) in [5.74, 6) is 0. The molecule has 0 saturated carbocycles. The molecule has 0 fully saturated rings. The summed E-state index contributed by atoms with van der Waals surface area (Å²) in [6, 6.07) is 97.1. The van der Waals surface area contributed by atoms with Crippen LogP contribution in [-0.2, 0) is 5.41 Å². The third-order valence-corrected chi connectivity index (χ3v) is 14.7. The zero-order chi connectivity index (χ0) is 46.2. The molecular weight excluding hydrogens is 849 g/mol. The van der Waals surface area contributed by atoms with Crippen LogP contribution in [0.15, 0.2) is 271 Å². The van der Waals surface area contributed by atoms with Crippen molar-refractivity contribution in [1.29, 1.82) is 0 Å². The van der Waals surface area contributed by atoms with Crippen LogP contribution >= 0.6 is 0 Å². The number of para-hydroxylation sites is 1. The van der Waals surface area contributed by atoms with Crippen LogP contribution in [0.3, 0.4) is 0 Å². The number of hydrogen-bond donors (Lipinski definition) is 0. The van der Waals surface area contributed by atoms with Crippen LogP contribution in [0.1, 0.15) is 22.3 Å². The summed E-state index contributed by atoms with van der Waals surface area (Å²) < 4.78 is 9.34. The van der Waals surface area contributed by atoms with Gasteiger partial charge in [-0.2, -0.15) is 0 Å². The van der Waals surface area contributed by atoms with Crippen LogP contribution in [0.4, 0.5) is 17.1 Å². The van der Waals surface area contributed by atoms with Gasteiger partial charge in [0.1, 0.15) is 11.2 Å². The van der Waals surface area contributed by atoms with Gasteiger partial charge in [0.15, 0.2) is 0 Å². The summed E-state index contributed by atoms with van der Waals surface area (Å²) in [5.41, 5.74) is 20.0. The summed E-state index contributed by atoms with van der Waals surface area (Å²) in [7, 11) is 0. The van der Waals surface area contributed by atoms with Gasteiger partial charge in [-0.25, -0.2) is 0 Å². The van der Waals surface area contributed by atoms with Crippen LogP contribution < -0.4 is 4.90 Å². The lowest BCUT2D eigenvalue weighted by molar-refractivity contribution is 0.666. The van der Waals surface area contributed by atoms with Gasteiger partial charge in [-0.05, 0) is 128 Å². The SMILES string of the molecule is c1ccc(-c2ccc(N(c3ccc4oc5cc6c(cc5c4c3)-c3ccccc3C6(c3ccccc3)c3ccccc3)c3ccc4c5ccccc5n(-c5ccc(-c6ccccc6)cc5)c4c3)cc2)cc1. The average molecular weight is 893 g/mol. The molecule has 14 rings (SSSR count). The highest BCUT2D eigenvalue weighted by atomic mass is 16.3. The van der Waals surface area contributed by atoms with Gasteiger partial charge in [0.2, 0.25) is 0 Å². The van der Waals surface area contributed by atoms with E-state index in [4.69, 9.17) is 4.42 Å². The van der Waals surface area contributed by atoms with E-state index in [1.54, 1.807) is 0 Å². The number of furan rings is 1. The van der Waals surface area contributed by atoms with Gasteiger partial charge in [-0.1, -0.05) is 194 Å². The maximum Gasteiger partial charge on any atom is 0.135 e. The van der Waals surface area contributed by atoms with Gasteiger partial charge in [0, 0.05) is 44.3 Å². The molecule has 0 radical (unpaired) electrons. The first-order valence-electron chi connectivity index (χ1n) is 24.1. The van der Waals surface area contributed by atoms with E-state index >= 15 is 0 Å². The second-order valence-electron chi connectivity index (χ2n) is 18.4. The lowest BCUT2D eigenvalue weighted by Gasteiger charge is -2.33. The van der Waals surface area contributed by atoms with Crippen molar-refractivity contribution in [1.82, 2.24) is 4.57 Å². The molecule has 0 atom stereocenters. The second kappa shape index (κ2) is 16.0. The van der Waals surface area contributed by atoms with E-state index in [1.807, 2.05) is 0 Å². The molecule has 1 aliphatic carbocycles. The van der Waals surface area contributed by atoms with E-state index in [0.29, 0.717) is 0 Å². The largest absolute Gasteiger partial charge is 0.456 e. The van der Waals surface area contributed by atoms with E-state index in [-0.39, 0.29) is 0 Å². The van der Waals surface area contributed by atoms with Crippen molar-refractivity contribution in [3.05, 3.63) is 289 Å². The van der Waals surface area contributed by atoms with Crippen molar-refractivity contribution in [2.75, 3.05) is 4.90 Å². The lowest BCUT2D eigenvalue weighted by atomic mass is 9.67. The van der Waals surface area contributed by atoms with E-state index in [1.165, 1.54) is 71.9 Å². The Labute approximate surface area is 406 Å². The Morgan fingerprint density at radius 2 is 0.829 bits per heavy atom. The second-order valence-corrected chi connectivity index (χ2v) is 18.4. The van der Waals surface area contributed by atoms with Crippen LogP contribution in [0.2, 0.25) is 0 Å². The van der Waals surface area contributed by atoms with Crippen LogP contribution in [0.5, 0.6) is 0 Å². The van der Waals surface area contributed by atoms with Crippen molar-refractivity contribution < 1.29 is 4.42 Å². The van der Waals surface area contributed by atoms with Crippen LogP contribution in [0.25, 0.3) is 82.8 Å². The molecule has 70 heavy (non-hydrogen) atoms. The lowest BCUT2D eigenvalue weighted by Crippen LogP contribution is -2.28. The zero-order valence-corrected chi connectivity index (χ0v) is 38.2.